The first kappa shape index (κ1) is 13.1. The van der Waals surface area contributed by atoms with Gasteiger partial charge in [-0.2, -0.15) is 11.8 Å². The predicted molar refractivity (Wildman–Crippen MR) is 68.4 cm³/mol. The van der Waals surface area contributed by atoms with E-state index >= 15 is 0 Å². The second-order valence-corrected chi connectivity index (χ2v) is 5.75. The van der Waals surface area contributed by atoms with Crippen LogP contribution in [0.4, 0.5) is 0 Å². The highest BCUT2D eigenvalue weighted by Gasteiger charge is 2.24. The molecule has 2 heteroatoms. The molecule has 0 spiro atoms. The largest absolute Gasteiger partial charge is 0.298 e. The van der Waals surface area contributed by atoms with Crippen molar-refractivity contribution in [2.45, 2.75) is 52.4 Å². The normalized spacial score (nSPS) is 26.5. The van der Waals surface area contributed by atoms with Gasteiger partial charge in [-0.1, -0.05) is 20.3 Å². The Morgan fingerprint density at radius 1 is 1.20 bits per heavy atom. The molecule has 1 aliphatic carbocycles. The third kappa shape index (κ3) is 4.58. The Balaban J connectivity index is 2.18. The van der Waals surface area contributed by atoms with E-state index in [0.29, 0.717) is 11.7 Å². The molecule has 1 rings (SSSR count). The van der Waals surface area contributed by atoms with Crippen molar-refractivity contribution in [1.82, 2.24) is 0 Å². The van der Waals surface area contributed by atoms with E-state index < -0.39 is 0 Å². The molecule has 0 aromatic carbocycles. The Labute approximate surface area is 98.4 Å². The van der Waals surface area contributed by atoms with Gasteiger partial charge in [0.2, 0.25) is 0 Å². The van der Waals surface area contributed by atoms with E-state index in [9.17, 15) is 4.79 Å². The summed E-state index contributed by atoms with van der Waals surface area (Å²) in [6.45, 7) is 4.44. The fraction of sp³-hybridized carbons (Fsp3) is 0.923. The summed E-state index contributed by atoms with van der Waals surface area (Å²) >= 11 is 1.81. The molecule has 1 nitrogen and oxygen atoms in total. The van der Waals surface area contributed by atoms with Crippen LogP contribution in [0.15, 0.2) is 0 Å². The Morgan fingerprint density at radius 2 is 1.87 bits per heavy atom. The van der Waals surface area contributed by atoms with Gasteiger partial charge in [-0.25, -0.2) is 0 Å². The maximum atomic E-state index is 11.8. The van der Waals surface area contributed by atoms with Gasteiger partial charge in [0, 0.05) is 5.92 Å². The van der Waals surface area contributed by atoms with Crippen LogP contribution in [0, 0.1) is 11.8 Å². The molecule has 0 aromatic rings. The quantitative estimate of drug-likeness (QED) is 0.641. The van der Waals surface area contributed by atoms with Crippen LogP contribution in [0.5, 0.6) is 0 Å². The van der Waals surface area contributed by atoms with E-state index in [4.69, 9.17) is 0 Å². The molecule has 0 aliphatic heterocycles. The lowest BCUT2D eigenvalue weighted by atomic mass is 9.79. The Kier molecular flexibility index (Phi) is 6.39. The standard InChI is InChI=1S/C13H24OS/c1-3-9-15-10-13(14)12-7-5-11(4-2)6-8-12/h11-12H,3-10H2,1-2H3. The van der Waals surface area contributed by atoms with Crippen LogP contribution in [0.1, 0.15) is 52.4 Å². The number of Topliss-reactive ketones (excluding diaryl/α,β-unsaturated/α-hetero) is 1. The van der Waals surface area contributed by atoms with Gasteiger partial charge in [0.1, 0.15) is 5.78 Å². The number of hydrogen-bond acceptors (Lipinski definition) is 2. The van der Waals surface area contributed by atoms with Crippen LogP contribution in [0.25, 0.3) is 0 Å². The van der Waals surface area contributed by atoms with Crippen LogP contribution in [-0.2, 0) is 4.79 Å². The first-order valence-electron chi connectivity index (χ1n) is 6.38. The number of carbonyl (C=O) groups is 1. The van der Waals surface area contributed by atoms with E-state index in [-0.39, 0.29) is 0 Å². The average Bonchev–Trinajstić information content (AvgIpc) is 2.29. The van der Waals surface area contributed by atoms with Crippen LogP contribution >= 0.6 is 11.8 Å². The third-order valence-electron chi connectivity index (χ3n) is 3.47. The van der Waals surface area contributed by atoms with Crippen molar-refractivity contribution in [1.29, 1.82) is 0 Å². The predicted octanol–water partition coefficient (Wildman–Crippen LogP) is 3.92. The molecule has 0 unspecified atom stereocenters. The number of ketones is 1. The molecule has 0 amide bonds. The first-order valence-corrected chi connectivity index (χ1v) is 7.53. The molecule has 1 aliphatic rings. The average molecular weight is 228 g/mol. The lowest BCUT2D eigenvalue weighted by Crippen LogP contribution is -2.23. The Hall–Kier alpha value is 0.0200. The summed E-state index contributed by atoms with van der Waals surface area (Å²) in [5.41, 5.74) is 0. The maximum absolute atomic E-state index is 11.8. The van der Waals surface area contributed by atoms with Crippen molar-refractivity contribution in [3.63, 3.8) is 0 Å². The lowest BCUT2D eigenvalue weighted by Gasteiger charge is -2.26. The van der Waals surface area contributed by atoms with Crippen LogP contribution in [0.2, 0.25) is 0 Å². The summed E-state index contributed by atoms with van der Waals surface area (Å²) in [5.74, 6) is 3.71. The van der Waals surface area contributed by atoms with Crippen molar-refractivity contribution in [3.8, 4) is 0 Å². The van der Waals surface area contributed by atoms with Gasteiger partial charge in [0.05, 0.1) is 5.75 Å². The summed E-state index contributed by atoms with van der Waals surface area (Å²) in [4.78, 5) is 11.8. The summed E-state index contributed by atoms with van der Waals surface area (Å²) in [7, 11) is 0. The van der Waals surface area contributed by atoms with Gasteiger partial charge < -0.3 is 0 Å². The van der Waals surface area contributed by atoms with Crippen molar-refractivity contribution >= 4 is 17.5 Å². The third-order valence-corrected chi connectivity index (χ3v) is 4.66. The van der Waals surface area contributed by atoms with Crippen molar-refractivity contribution < 1.29 is 4.79 Å². The van der Waals surface area contributed by atoms with E-state index in [1.807, 2.05) is 11.8 Å². The van der Waals surface area contributed by atoms with Gasteiger partial charge in [-0.15, -0.1) is 0 Å². The molecule has 1 fully saturated rings. The van der Waals surface area contributed by atoms with Gasteiger partial charge in [-0.3, -0.25) is 4.79 Å². The van der Waals surface area contributed by atoms with Gasteiger partial charge in [0.25, 0.3) is 0 Å². The zero-order valence-electron chi connectivity index (χ0n) is 10.1. The van der Waals surface area contributed by atoms with Gasteiger partial charge >= 0.3 is 0 Å². The molecule has 0 aromatic heterocycles. The zero-order chi connectivity index (χ0) is 11.1. The van der Waals surface area contributed by atoms with Gasteiger partial charge in [-0.05, 0) is 43.8 Å². The van der Waals surface area contributed by atoms with E-state index in [0.717, 1.165) is 30.3 Å². The molecular weight excluding hydrogens is 204 g/mol. The molecule has 0 N–H and O–H groups in total. The maximum Gasteiger partial charge on any atom is 0.145 e. The second-order valence-electron chi connectivity index (χ2n) is 4.64. The van der Waals surface area contributed by atoms with Crippen LogP contribution in [-0.4, -0.2) is 17.3 Å². The molecule has 0 bridgehead atoms. The number of carbonyl (C=O) groups excluding carboxylic acids is 1. The molecule has 1 saturated carbocycles. The number of hydrogen-bond donors (Lipinski definition) is 0. The molecule has 0 atom stereocenters. The summed E-state index contributed by atoms with van der Waals surface area (Å²) in [6.07, 6.45) is 7.36. The minimum Gasteiger partial charge on any atom is -0.298 e. The highest BCUT2D eigenvalue weighted by molar-refractivity contribution is 7.99. The van der Waals surface area contributed by atoms with E-state index in [1.165, 1.54) is 25.7 Å². The topological polar surface area (TPSA) is 17.1 Å². The lowest BCUT2D eigenvalue weighted by molar-refractivity contribution is -0.121. The molecule has 0 saturated heterocycles. The molecular formula is C13H24OS. The van der Waals surface area contributed by atoms with E-state index in [2.05, 4.69) is 13.8 Å². The zero-order valence-corrected chi connectivity index (χ0v) is 10.9. The highest BCUT2D eigenvalue weighted by Crippen LogP contribution is 2.31. The van der Waals surface area contributed by atoms with Crippen molar-refractivity contribution in [2.75, 3.05) is 11.5 Å². The summed E-state index contributed by atoms with van der Waals surface area (Å²) < 4.78 is 0. The van der Waals surface area contributed by atoms with Crippen molar-refractivity contribution in [3.05, 3.63) is 0 Å². The highest BCUT2D eigenvalue weighted by atomic mass is 32.2. The SMILES string of the molecule is CCCSCC(=O)C1CCC(CC)CC1. The number of thioether (sulfide) groups is 1. The second kappa shape index (κ2) is 7.32. The van der Waals surface area contributed by atoms with Crippen molar-refractivity contribution in [2.24, 2.45) is 11.8 Å². The minimum absolute atomic E-state index is 0.400. The monoisotopic (exact) mass is 228 g/mol. The van der Waals surface area contributed by atoms with E-state index in [1.54, 1.807) is 0 Å². The summed E-state index contributed by atoms with van der Waals surface area (Å²) in [5, 5.41) is 0. The molecule has 88 valence electrons. The summed E-state index contributed by atoms with van der Waals surface area (Å²) in [6, 6.07) is 0. The van der Waals surface area contributed by atoms with Crippen LogP contribution in [0.3, 0.4) is 0 Å². The Morgan fingerprint density at radius 3 is 2.40 bits per heavy atom. The molecule has 0 radical (unpaired) electrons. The van der Waals surface area contributed by atoms with Crippen LogP contribution < -0.4 is 0 Å². The molecule has 0 heterocycles. The van der Waals surface area contributed by atoms with Gasteiger partial charge in [0.15, 0.2) is 0 Å². The molecule has 15 heavy (non-hydrogen) atoms. The fourth-order valence-corrected chi connectivity index (χ4v) is 3.20. The minimum atomic E-state index is 0.400. The fourth-order valence-electron chi connectivity index (χ4n) is 2.33. The smallest absolute Gasteiger partial charge is 0.145 e. The number of rotatable bonds is 6. The Bertz CT molecular complexity index is 183. The first-order chi connectivity index (χ1) is 7.27.